The quantitative estimate of drug-likeness (QED) is 0.134. The second kappa shape index (κ2) is 15.3. The highest BCUT2D eigenvalue weighted by Crippen LogP contribution is 2.43. The third kappa shape index (κ3) is 15.0. The van der Waals surface area contributed by atoms with E-state index in [1.165, 1.54) is 31.3 Å². The van der Waals surface area contributed by atoms with Gasteiger partial charge in [-0.15, -0.1) is 0 Å². The summed E-state index contributed by atoms with van der Waals surface area (Å²) in [6, 6.07) is 0. The lowest BCUT2D eigenvalue weighted by atomic mass is 9.90. The number of unbranched alkanes of at least 4 members (excludes halogenated alkanes) is 1. The Morgan fingerprint density at radius 1 is 0.756 bits per heavy atom. The first-order valence-corrected chi connectivity index (χ1v) is 26.0. The first-order valence-electron chi connectivity index (χ1n) is 16.7. The molecule has 1 rings (SSSR count). The van der Waals surface area contributed by atoms with Crippen molar-refractivity contribution >= 4 is 25.0 Å². The molecule has 0 aromatic rings. The molecule has 1 saturated carbocycles. The summed E-state index contributed by atoms with van der Waals surface area (Å²) in [7, 11) is -5.15. The summed E-state index contributed by atoms with van der Waals surface area (Å²) < 4.78 is 20.3. The Labute approximate surface area is 261 Å². The SMILES string of the molecule is C[C@H](CCC/C=C/C=C1C[C@@H](O[Si](C)(C)C(C)(C)C)C[C@H](O[Si](C)(C)C(C)(C)C)C1)CCCC(C)(C)O[Si](C)(C)C. The van der Waals surface area contributed by atoms with Crippen LogP contribution in [0.3, 0.4) is 0 Å². The molecule has 0 radical (unpaired) electrons. The number of hydrogen-bond donors (Lipinski definition) is 0. The van der Waals surface area contributed by atoms with Crippen LogP contribution in [0.25, 0.3) is 0 Å². The second-order valence-electron chi connectivity index (χ2n) is 17.8. The molecule has 0 amide bonds. The van der Waals surface area contributed by atoms with Crippen LogP contribution in [-0.2, 0) is 13.3 Å². The normalized spacial score (nSPS) is 21.0. The fourth-order valence-electron chi connectivity index (χ4n) is 5.42. The average molecular weight is 625 g/mol. The van der Waals surface area contributed by atoms with Gasteiger partial charge in [-0.2, -0.15) is 0 Å². The average Bonchev–Trinajstić information content (AvgIpc) is 2.71. The predicted molar refractivity (Wildman–Crippen MR) is 191 cm³/mol. The van der Waals surface area contributed by atoms with Gasteiger partial charge in [0.25, 0.3) is 0 Å². The molecular weight excluding hydrogens is 553 g/mol. The summed E-state index contributed by atoms with van der Waals surface area (Å²) in [5, 5.41) is 0.443. The Morgan fingerprint density at radius 3 is 1.66 bits per heavy atom. The van der Waals surface area contributed by atoms with Gasteiger partial charge >= 0.3 is 0 Å². The molecule has 6 heteroatoms. The maximum atomic E-state index is 6.96. The van der Waals surface area contributed by atoms with Crippen LogP contribution in [-0.4, -0.2) is 42.8 Å². The highest BCUT2D eigenvalue weighted by atomic mass is 28.4. The van der Waals surface area contributed by atoms with Crippen molar-refractivity contribution in [1.82, 2.24) is 0 Å². The van der Waals surface area contributed by atoms with Gasteiger partial charge in [0.1, 0.15) is 0 Å². The molecule has 1 fully saturated rings. The number of allylic oxidation sites excluding steroid dienone is 3. The van der Waals surface area contributed by atoms with E-state index >= 15 is 0 Å². The molecule has 0 spiro atoms. The molecule has 0 bridgehead atoms. The number of rotatable bonds is 15. The van der Waals surface area contributed by atoms with Crippen LogP contribution in [0, 0.1) is 5.92 Å². The van der Waals surface area contributed by atoms with E-state index in [4.69, 9.17) is 13.3 Å². The molecule has 1 aliphatic carbocycles. The van der Waals surface area contributed by atoms with E-state index in [2.05, 4.69) is 126 Å². The van der Waals surface area contributed by atoms with E-state index in [1.807, 2.05) is 0 Å². The first kappa shape index (κ1) is 39.0. The number of hydrogen-bond acceptors (Lipinski definition) is 3. The third-order valence-electron chi connectivity index (χ3n) is 9.63. The maximum absolute atomic E-state index is 6.96. The van der Waals surface area contributed by atoms with Crippen molar-refractivity contribution in [3.05, 3.63) is 23.8 Å². The van der Waals surface area contributed by atoms with Gasteiger partial charge in [0.05, 0.1) is 17.8 Å². The van der Waals surface area contributed by atoms with E-state index < -0.39 is 25.0 Å². The van der Waals surface area contributed by atoms with Gasteiger partial charge < -0.3 is 13.3 Å². The van der Waals surface area contributed by atoms with Gasteiger partial charge in [0, 0.05) is 0 Å². The third-order valence-corrected chi connectivity index (χ3v) is 19.9. The summed E-state index contributed by atoms with van der Waals surface area (Å²) in [6.45, 7) is 37.4. The van der Waals surface area contributed by atoms with Crippen LogP contribution in [0.5, 0.6) is 0 Å². The summed E-state index contributed by atoms with van der Waals surface area (Å²) >= 11 is 0. The van der Waals surface area contributed by atoms with E-state index in [9.17, 15) is 0 Å². The van der Waals surface area contributed by atoms with Crippen molar-refractivity contribution in [2.45, 2.75) is 194 Å². The zero-order valence-electron chi connectivity index (χ0n) is 30.6. The van der Waals surface area contributed by atoms with E-state index in [0.29, 0.717) is 0 Å². The van der Waals surface area contributed by atoms with Crippen LogP contribution in [0.4, 0.5) is 0 Å². The van der Waals surface area contributed by atoms with Crippen molar-refractivity contribution in [3.63, 3.8) is 0 Å². The van der Waals surface area contributed by atoms with E-state index in [1.54, 1.807) is 0 Å². The van der Waals surface area contributed by atoms with E-state index in [-0.39, 0.29) is 27.9 Å². The molecule has 41 heavy (non-hydrogen) atoms. The van der Waals surface area contributed by atoms with Crippen molar-refractivity contribution in [1.29, 1.82) is 0 Å². The lowest BCUT2D eigenvalue weighted by Crippen LogP contribution is -2.48. The minimum Gasteiger partial charge on any atom is -0.414 e. The maximum Gasteiger partial charge on any atom is 0.192 e. The van der Waals surface area contributed by atoms with Gasteiger partial charge in [-0.1, -0.05) is 91.5 Å². The lowest BCUT2D eigenvalue weighted by molar-refractivity contribution is 0.0725. The Kier molecular flexibility index (Phi) is 14.6. The van der Waals surface area contributed by atoms with Crippen LogP contribution < -0.4 is 0 Å². The van der Waals surface area contributed by atoms with Gasteiger partial charge in [-0.05, 0) is 114 Å². The molecule has 0 aliphatic heterocycles. The molecular formula is C35H72O3Si3. The van der Waals surface area contributed by atoms with Crippen molar-refractivity contribution in [3.8, 4) is 0 Å². The summed E-state index contributed by atoms with van der Waals surface area (Å²) in [5.74, 6) is 0.782. The van der Waals surface area contributed by atoms with Crippen molar-refractivity contribution in [2.24, 2.45) is 5.92 Å². The molecule has 0 aromatic heterocycles. The van der Waals surface area contributed by atoms with Gasteiger partial charge in [-0.25, -0.2) is 0 Å². The summed E-state index contributed by atoms with van der Waals surface area (Å²) in [5.41, 5.74) is 1.51. The largest absolute Gasteiger partial charge is 0.414 e. The minimum absolute atomic E-state index is 0.0169. The van der Waals surface area contributed by atoms with Gasteiger partial charge in [-0.3, -0.25) is 0 Å². The second-order valence-corrected chi connectivity index (χ2v) is 31.7. The lowest BCUT2D eigenvalue weighted by Gasteiger charge is -2.45. The first-order chi connectivity index (χ1) is 18.3. The summed E-state index contributed by atoms with van der Waals surface area (Å²) in [6.07, 6.45) is 18.2. The highest BCUT2D eigenvalue weighted by Gasteiger charge is 2.43. The predicted octanol–water partition coefficient (Wildman–Crippen LogP) is 12.0. The van der Waals surface area contributed by atoms with Gasteiger partial charge in [0.15, 0.2) is 25.0 Å². The molecule has 0 aromatic carbocycles. The van der Waals surface area contributed by atoms with Crippen molar-refractivity contribution < 1.29 is 13.3 Å². The van der Waals surface area contributed by atoms with E-state index in [0.717, 1.165) is 38.0 Å². The molecule has 3 nitrogen and oxygen atoms in total. The molecule has 3 atom stereocenters. The van der Waals surface area contributed by atoms with Crippen LogP contribution in [0.1, 0.15) is 120 Å². The molecule has 242 valence electrons. The minimum atomic E-state index is -1.83. The van der Waals surface area contributed by atoms with Gasteiger partial charge in [0.2, 0.25) is 0 Å². The summed E-state index contributed by atoms with van der Waals surface area (Å²) in [4.78, 5) is 0. The Bertz CT molecular complexity index is 800. The van der Waals surface area contributed by atoms with Crippen LogP contribution in [0.2, 0.25) is 55.9 Å². The zero-order valence-corrected chi connectivity index (χ0v) is 33.6. The Morgan fingerprint density at radius 2 is 1.22 bits per heavy atom. The molecule has 0 saturated heterocycles. The van der Waals surface area contributed by atoms with Crippen LogP contribution in [0.15, 0.2) is 23.8 Å². The Balaban J connectivity index is 2.69. The molecule has 0 unspecified atom stereocenters. The standard InChI is InChI=1S/C35H72O3Si3/c1-29(23-21-25-35(8,9)38-39(10,11)12)22-19-17-18-20-24-30-26-31(36-40(13,14)33(2,3)4)28-32(27-30)37-41(15,16)34(5,6)7/h18,20,24,29,31-32H,17,19,21-23,25-28H2,1-16H3/b20-18+/t29-,31-,32-/m1/s1. The van der Waals surface area contributed by atoms with Crippen molar-refractivity contribution in [2.75, 3.05) is 0 Å². The molecule has 0 heterocycles. The molecule has 1 aliphatic rings. The molecule has 0 N–H and O–H groups in total. The fourth-order valence-corrected chi connectivity index (χ4v) is 9.91. The fraction of sp³-hybridized carbons (Fsp3) is 0.886. The topological polar surface area (TPSA) is 27.7 Å². The highest BCUT2D eigenvalue weighted by molar-refractivity contribution is 6.74. The zero-order chi connectivity index (χ0) is 31.9. The van der Waals surface area contributed by atoms with Crippen LogP contribution >= 0.6 is 0 Å². The Hall–Kier alpha value is 0.0106. The smallest absolute Gasteiger partial charge is 0.192 e. The monoisotopic (exact) mass is 624 g/mol.